The van der Waals surface area contributed by atoms with E-state index in [-0.39, 0.29) is 6.09 Å². The van der Waals surface area contributed by atoms with Crippen molar-refractivity contribution >= 4 is 17.9 Å². The van der Waals surface area contributed by atoms with E-state index in [4.69, 9.17) is 9.73 Å². The van der Waals surface area contributed by atoms with E-state index in [9.17, 15) is 4.79 Å². The Hall–Kier alpha value is -2.51. The molecule has 2 rings (SSSR count). The summed E-state index contributed by atoms with van der Waals surface area (Å²) in [6.45, 7) is 14.6. The summed E-state index contributed by atoms with van der Waals surface area (Å²) in [7, 11) is 3.98. The molecular weight excluding hydrogens is 404 g/mol. The molecule has 1 N–H and O–H groups in total. The first-order valence-electron chi connectivity index (χ1n) is 11.8. The highest BCUT2D eigenvalue weighted by Gasteiger charge is 2.27. The fourth-order valence-corrected chi connectivity index (χ4v) is 3.69. The van der Waals surface area contributed by atoms with E-state index in [1.54, 1.807) is 0 Å². The summed E-state index contributed by atoms with van der Waals surface area (Å²) in [6, 6.07) is 4.09. The highest BCUT2D eigenvalue weighted by molar-refractivity contribution is 5.80. The van der Waals surface area contributed by atoms with Crippen molar-refractivity contribution in [2.45, 2.75) is 59.6 Å². The molecule has 0 atom stereocenters. The normalized spacial score (nSPS) is 15.5. The van der Waals surface area contributed by atoms with Crippen molar-refractivity contribution in [3.63, 3.8) is 0 Å². The maximum absolute atomic E-state index is 12.5. The van der Waals surface area contributed by atoms with Gasteiger partial charge in [0.05, 0.1) is 6.54 Å². The number of carbonyl (C=O) groups is 1. The summed E-state index contributed by atoms with van der Waals surface area (Å²) in [5.41, 5.74) is 0.678. The Morgan fingerprint density at radius 1 is 1.28 bits per heavy atom. The molecule has 1 aromatic heterocycles. The minimum absolute atomic E-state index is 0.216. The van der Waals surface area contributed by atoms with E-state index in [2.05, 4.69) is 28.2 Å². The lowest BCUT2D eigenvalue weighted by atomic mass is 9.96. The molecule has 0 aliphatic carbocycles. The second-order valence-corrected chi connectivity index (χ2v) is 9.54. The molecule has 0 saturated carbocycles. The van der Waals surface area contributed by atoms with Crippen molar-refractivity contribution in [2.75, 3.05) is 51.7 Å². The third kappa shape index (κ3) is 8.20. The number of nitrogens with zero attached hydrogens (tertiary/aromatic N) is 5. The van der Waals surface area contributed by atoms with Gasteiger partial charge in [0.15, 0.2) is 5.96 Å². The average Bonchev–Trinajstić information content (AvgIpc) is 2.74. The van der Waals surface area contributed by atoms with Gasteiger partial charge in [-0.1, -0.05) is 0 Å². The summed E-state index contributed by atoms with van der Waals surface area (Å²) < 4.78 is 5.56. The molecule has 1 aromatic rings. The van der Waals surface area contributed by atoms with Crippen LogP contribution in [0.25, 0.3) is 0 Å². The van der Waals surface area contributed by atoms with Crippen LogP contribution in [0.2, 0.25) is 0 Å². The number of hydrogen-bond acceptors (Lipinski definition) is 5. The molecule has 1 saturated heterocycles. The molecule has 0 unspecified atom stereocenters. The predicted octanol–water partition coefficient (Wildman–Crippen LogP) is 3.58. The van der Waals surface area contributed by atoms with Crippen LogP contribution in [-0.2, 0) is 11.3 Å². The van der Waals surface area contributed by atoms with E-state index >= 15 is 0 Å². The number of nitrogens with one attached hydrogen (secondary N) is 1. The SMILES string of the molecule is CCNC(=NCc1ccnc(N(C)C)c1)N1CCC(CN(CC)C(=O)OC(C)(C)C)CC1. The first-order valence-corrected chi connectivity index (χ1v) is 11.8. The molecule has 0 bridgehead atoms. The van der Waals surface area contributed by atoms with Gasteiger partial charge in [0.25, 0.3) is 0 Å². The Balaban J connectivity index is 1.94. The monoisotopic (exact) mass is 446 g/mol. The molecule has 0 spiro atoms. The van der Waals surface area contributed by atoms with Crippen LogP contribution in [0.15, 0.2) is 23.3 Å². The average molecular weight is 447 g/mol. The van der Waals surface area contributed by atoms with E-state index in [1.165, 1.54) is 0 Å². The van der Waals surface area contributed by atoms with Crippen molar-refractivity contribution in [3.8, 4) is 0 Å². The van der Waals surface area contributed by atoms with Crippen molar-refractivity contribution in [2.24, 2.45) is 10.9 Å². The number of amides is 1. The van der Waals surface area contributed by atoms with Gasteiger partial charge in [-0.25, -0.2) is 14.8 Å². The van der Waals surface area contributed by atoms with Crippen LogP contribution < -0.4 is 10.2 Å². The molecule has 1 amide bonds. The standard InChI is InChI=1S/C24H42N6O2/c1-8-25-22(27-17-20-10-13-26-21(16-20)28(6)7)30-14-11-19(12-15-30)18-29(9-2)23(31)32-24(3,4)5/h10,13,16,19H,8-9,11-12,14-15,17-18H2,1-7H3,(H,25,27). The van der Waals surface area contributed by atoms with Crippen LogP contribution in [0.4, 0.5) is 10.6 Å². The minimum Gasteiger partial charge on any atom is -0.444 e. The van der Waals surface area contributed by atoms with E-state index in [0.717, 1.165) is 56.4 Å². The van der Waals surface area contributed by atoms with Crippen molar-refractivity contribution in [1.82, 2.24) is 20.1 Å². The lowest BCUT2D eigenvalue weighted by molar-refractivity contribution is 0.0214. The van der Waals surface area contributed by atoms with Crippen LogP contribution in [-0.4, -0.2) is 79.3 Å². The molecule has 8 nitrogen and oxygen atoms in total. The number of aliphatic imine (C=N–C) groups is 1. The Bertz CT molecular complexity index is 751. The van der Waals surface area contributed by atoms with Gasteiger partial charge in [0, 0.05) is 53.0 Å². The van der Waals surface area contributed by atoms with Gasteiger partial charge in [0.2, 0.25) is 0 Å². The summed E-state index contributed by atoms with van der Waals surface area (Å²) in [5, 5.41) is 3.44. The number of aromatic nitrogens is 1. The molecule has 180 valence electrons. The third-order valence-corrected chi connectivity index (χ3v) is 5.44. The van der Waals surface area contributed by atoms with Crippen LogP contribution in [0, 0.1) is 5.92 Å². The van der Waals surface area contributed by atoms with Gasteiger partial charge in [0.1, 0.15) is 11.4 Å². The van der Waals surface area contributed by atoms with Gasteiger partial charge in [-0.15, -0.1) is 0 Å². The molecule has 1 aliphatic heterocycles. The Labute approximate surface area is 194 Å². The van der Waals surface area contributed by atoms with Gasteiger partial charge in [-0.3, -0.25) is 0 Å². The summed E-state index contributed by atoms with van der Waals surface area (Å²) in [4.78, 5) is 27.9. The molecule has 1 aliphatic rings. The number of anilines is 1. The van der Waals surface area contributed by atoms with Crippen LogP contribution in [0.1, 0.15) is 53.0 Å². The molecule has 0 radical (unpaired) electrons. The largest absolute Gasteiger partial charge is 0.444 e. The summed E-state index contributed by atoms with van der Waals surface area (Å²) >= 11 is 0. The van der Waals surface area contributed by atoms with Crippen LogP contribution in [0.3, 0.4) is 0 Å². The Morgan fingerprint density at radius 3 is 2.53 bits per heavy atom. The zero-order chi connectivity index (χ0) is 23.7. The number of hydrogen-bond donors (Lipinski definition) is 1. The first-order chi connectivity index (χ1) is 15.1. The summed E-state index contributed by atoms with van der Waals surface area (Å²) in [6.07, 6.45) is 3.68. The molecule has 0 aromatic carbocycles. The molecule has 8 heteroatoms. The lowest BCUT2D eigenvalue weighted by Crippen LogP contribution is -2.47. The smallest absolute Gasteiger partial charge is 0.410 e. The highest BCUT2D eigenvalue weighted by Crippen LogP contribution is 2.20. The Kier molecular flexibility index (Phi) is 9.60. The molecule has 32 heavy (non-hydrogen) atoms. The molecular formula is C24H42N6O2. The van der Waals surface area contributed by atoms with E-state index in [1.807, 2.05) is 63.9 Å². The van der Waals surface area contributed by atoms with Gasteiger partial charge in [-0.2, -0.15) is 0 Å². The highest BCUT2D eigenvalue weighted by atomic mass is 16.6. The maximum atomic E-state index is 12.5. The number of piperidine rings is 1. The third-order valence-electron chi connectivity index (χ3n) is 5.44. The zero-order valence-electron chi connectivity index (χ0n) is 21.0. The second kappa shape index (κ2) is 11.9. The van der Waals surface area contributed by atoms with Gasteiger partial charge >= 0.3 is 6.09 Å². The number of rotatable bonds is 7. The minimum atomic E-state index is -0.465. The number of carbonyl (C=O) groups excluding carboxylic acids is 1. The van der Waals surface area contributed by atoms with E-state index < -0.39 is 5.60 Å². The van der Waals surface area contributed by atoms with E-state index in [0.29, 0.717) is 19.0 Å². The van der Waals surface area contributed by atoms with Crippen LogP contribution in [0.5, 0.6) is 0 Å². The zero-order valence-corrected chi connectivity index (χ0v) is 21.0. The van der Waals surface area contributed by atoms with Gasteiger partial charge < -0.3 is 24.8 Å². The number of ether oxygens (including phenoxy) is 1. The topological polar surface area (TPSA) is 73.3 Å². The maximum Gasteiger partial charge on any atom is 0.410 e. The number of guanidine groups is 1. The second-order valence-electron chi connectivity index (χ2n) is 9.54. The van der Waals surface area contributed by atoms with Crippen molar-refractivity contribution < 1.29 is 9.53 Å². The van der Waals surface area contributed by atoms with Crippen molar-refractivity contribution in [3.05, 3.63) is 23.9 Å². The number of pyridine rings is 1. The lowest BCUT2D eigenvalue weighted by Gasteiger charge is -2.36. The quantitative estimate of drug-likeness (QED) is 0.510. The van der Waals surface area contributed by atoms with Crippen LogP contribution >= 0.6 is 0 Å². The fourth-order valence-electron chi connectivity index (χ4n) is 3.69. The summed E-state index contributed by atoms with van der Waals surface area (Å²) in [5.74, 6) is 2.37. The Morgan fingerprint density at radius 2 is 1.97 bits per heavy atom. The molecule has 2 heterocycles. The first kappa shape index (κ1) is 25.7. The number of likely N-dealkylation sites (tertiary alicyclic amines) is 1. The van der Waals surface area contributed by atoms with Crippen molar-refractivity contribution in [1.29, 1.82) is 0 Å². The predicted molar refractivity (Wildman–Crippen MR) is 131 cm³/mol. The fraction of sp³-hybridized carbons (Fsp3) is 0.708. The molecule has 1 fully saturated rings. The van der Waals surface area contributed by atoms with Gasteiger partial charge in [-0.05, 0) is 71.1 Å².